The van der Waals surface area contributed by atoms with Crippen LogP contribution in [0.2, 0.25) is 0 Å². The van der Waals surface area contributed by atoms with Crippen molar-refractivity contribution in [3.8, 4) is 5.69 Å². The summed E-state index contributed by atoms with van der Waals surface area (Å²) in [6.07, 6.45) is 2.24. The van der Waals surface area contributed by atoms with Gasteiger partial charge in [-0.15, -0.1) is 12.4 Å². The average molecular weight is 349 g/mol. The Labute approximate surface area is 149 Å². The number of nitrogens with zero attached hydrogens (tertiary/aromatic N) is 2. The Kier molecular flexibility index (Phi) is 6.40. The topological polar surface area (TPSA) is 59.0 Å². The zero-order chi connectivity index (χ0) is 16.2. The summed E-state index contributed by atoms with van der Waals surface area (Å²) in [5.41, 5.74) is 3.32. The predicted octanol–water partition coefficient (Wildman–Crippen LogP) is 2.64. The van der Waals surface area contributed by atoms with Gasteiger partial charge in [-0.2, -0.15) is 5.10 Å². The number of halogens is 1. The maximum absolute atomic E-state index is 12.5. The maximum Gasteiger partial charge on any atom is 0.255 e. The average Bonchev–Trinajstić information content (AvgIpc) is 3.16. The Morgan fingerprint density at radius 2 is 2.08 bits per heavy atom. The molecule has 6 heteroatoms. The third-order valence-corrected chi connectivity index (χ3v) is 4.52. The first-order valence-electron chi connectivity index (χ1n) is 8.27. The van der Waals surface area contributed by atoms with Crippen molar-refractivity contribution in [2.75, 3.05) is 19.6 Å². The molecule has 0 bridgehead atoms. The second kappa shape index (κ2) is 8.31. The summed E-state index contributed by atoms with van der Waals surface area (Å²) in [6, 6.07) is 9.91. The number of rotatable bonds is 5. The van der Waals surface area contributed by atoms with Gasteiger partial charge in [-0.05, 0) is 57.8 Å². The SMILES string of the molecule is Cc1nn(-c2ccccc2)c(C)c1C(=O)NCCC1CCNC1.Cl. The molecule has 1 aromatic carbocycles. The van der Waals surface area contributed by atoms with Crippen LogP contribution in [0.4, 0.5) is 0 Å². The van der Waals surface area contributed by atoms with E-state index in [-0.39, 0.29) is 18.3 Å². The highest BCUT2D eigenvalue weighted by Gasteiger charge is 2.20. The molecule has 1 amide bonds. The smallest absolute Gasteiger partial charge is 0.255 e. The van der Waals surface area contributed by atoms with Crippen LogP contribution in [0.5, 0.6) is 0 Å². The van der Waals surface area contributed by atoms with E-state index in [0.717, 1.165) is 43.1 Å². The van der Waals surface area contributed by atoms with E-state index in [1.54, 1.807) is 0 Å². The van der Waals surface area contributed by atoms with Crippen molar-refractivity contribution in [2.45, 2.75) is 26.7 Å². The summed E-state index contributed by atoms with van der Waals surface area (Å²) in [4.78, 5) is 12.5. The Morgan fingerprint density at radius 3 is 2.75 bits per heavy atom. The number of carbonyl (C=O) groups is 1. The van der Waals surface area contributed by atoms with E-state index in [2.05, 4.69) is 15.7 Å². The van der Waals surface area contributed by atoms with E-state index in [1.165, 1.54) is 6.42 Å². The fourth-order valence-corrected chi connectivity index (χ4v) is 3.23. The molecule has 24 heavy (non-hydrogen) atoms. The lowest BCUT2D eigenvalue weighted by Gasteiger charge is -2.10. The summed E-state index contributed by atoms with van der Waals surface area (Å²) in [6.45, 7) is 6.73. The van der Waals surface area contributed by atoms with Crippen molar-refractivity contribution in [1.29, 1.82) is 0 Å². The quantitative estimate of drug-likeness (QED) is 0.873. The number of aromatic nitrogens is 2. The van der Waals surface area contributed by atoms with Crippen molar-refractivity contribution in [2.24, 2.45) is 5.92 Å². The Balaban J connectivity index is 0.00000208. The third kappa shape index (κ3) is 3.97. The standard InChI is InChI=1S/C18H24N4O.ClH/c1-13-17(18(23)20-11-9-15-8-10-19-12-15)14(2)22(21-13)16-6-4-3-5-7-16;/h3-7,15,19H,8-12H2,1-2H3,(H,20,23);1H. The number of hydrogen-bond acceptors (Lipinski definition) is 3. The first-order valence-corrected chi connectivity index (χ1v) is 8.27. The molecule has 0 spiro atoms. The summed E-state index contributed by atoms with van der Waals surface area (Å²) in [5, 5.41) is 10.9. The van der Waals surface area contributed by atoms with Crippen molar-refractivity contribution < 1.29 is 4.79 Å². The highest BCUT2D eigenvalue weighted by Crippen LogP contribution is 2.18. The molecule has 3 rings (SSSR count). The second-order valence-electron chi connectivity index (χ2n) is 6.20. The molecule has 0 radical (unpaired) electrons. The van der Waals surface area contributed by atoms with Crippen molar-refractivity contribution in [1.82, 2.24) is 20.4 Å². The number of carbonyl (C=O) groups excluding carboxylic acids is 1. The lowest BCUT2D eigenvalue weighted by Crippen LogP contribution is -2.27. The summed E-state index contributed by atoms with van der Waals surface area (Å²) in [7, 11) is 0. The van der Waals surface area contributed by atoms with Gasteiger partial charge < -0.3 is 10.6 Å². The largest absolute Gasteiger partial charge is 0.352 e. The zero-order valence-electron chi connectivity index (χ0n) is 14.2. The number of hydrogen-bond donors (Lipinski definition) is 2. The molecule has 130 valence electrons. The highest BCUT2D eigenvalue weighted by atomic mass is 35.5. The fraction of sp³-hybridized carbons (Fsp3) is 0.444. The molecule has 1 aromatic heterocycles. The van der Waals surface area contributed by atoms with Gasteiger partial charge in [-0.3, -0.25) is 4.79 Å². The third-order valence-electron chi connectivity index (χ3n) is 4.52. The number of aryl methyl sites for hydroxylation is 1. The van der Waals surface area contributed by atoms with Gasteiger partial charge in [0.2, 0.25) is 0 Å². The molecule has 1 aliphatic heterocycles. The summed E-state index contributed by atoms with van der Waals surface area (Å²) >= 11 is 0. The Bertz CT molecular complexity index is 678. The van der Waals surface area contributed by atoms with Crippen LogP contribution in [0.1, 0.15) is 34.6 Å². The number of amides is 1. The van der Waals surface area contributed by atoms with E-state index in [4.69, 9.17) is 0 Å². The van der Waals surface area contributed by atoms with E-state index in [9.17, 15) is 4.79 Å². The van der Waals surface area contributed by atoms with Crippen LogP contribution < -0.4 is 10.6 Å². The molecule has 0 saturated carbocycles. The van der Waals surface area contributed by atoms with E-state index >= 15 is 0 Å². The number of para-hydroxylation sites is 1. The molecule has 1 fully saturated rings. The van der Waals surface area contributed by atoms with E-state index in [1.807, 2.05) is 48.9 Å². The molecule has 1 unspecified atom stereocenters. The molecule has 1 aliphatic rings. The van der Waals surface area contributed by atoms with Crippen LogP contribution in [0.3, 0.4) is 0 Å². The van der Waals surface area contributed by atoms with Crippen LogP contribution in [-0.2, 0) is 0 Å². The summed E-state index contributed by atoms with van der Waals surface area (Å²) in [5.74, 6) is 0.665. The zero-order valence-corrected chi connectivity index (χ0v) is 15.0. The Hall–Kier alpha value is -1.85. The van der Waals surface area contributed by atoms with Crippen molar-refractivity contribution >= 4 is 18.3 Å². The molecule has 2 heterocycles. The normalized spacial score (nSPS) is 16.7. The predicted molar refractivity (Wildman–Crippen MR) is 98.2 cm³/mol. The lowest BCUT2D eigenvalue weighted by atomic mass is 10.1. The minimum absolute atomic E-state index is 0. The molecule has 1 atom stereocenters. The minimum Gasteiger partial charge on any atom is -0.352 e. The monoisotopic (exact) mass is 348 g/mol. The lowest BCUT2D eigenvalue weighted by molar-refractivity contribution is 0.0950. The minimum atomic E-state index is -0.0202. The molecule has 0 aliphatic carbocycles. The van der Waals surface area contributed by atoms with Gasteiger partial charge in [-0.25, -0.2) is 4.68 Å². The van der Waals surface area contributed by atoms with E-state index < -0.39 is 0 Å². The summed E-state index contributed by atoms with van der Waals surface area (Å²) < 4.78 is 1.84. The van der Waals surface area contributed by atoms with Gasteiger partial charge in [0, 0.05) is 6.54 Å². The van der Waals surface area contributed by atoms with Gasteiger partial charge in [0.15, 0.2) is 0 Å². The number of nitrogens with one attached hydrogen (secondary N) is 2. The van der Waals surface area contributed by atoms with Gasteiger partial charge in [0.05, 0.1) is 22.6 Å². The fourth-order valence-electron chi connectivity index (χ4n) is 3.23. The van der Waals surface area contributed by atoms with E-state index in [0.29, 0.717) is 11.5 Å². The molecule has 2 aromatic rings. The van der Waals surface area contributed by atoms with Gasteiger partial charge >= 0.3 is 0 Å². The van der Waals surface area contributed by atoms with Gasteiger partial charge in [0.1, 0.15) is 0 Å². The molecular weight excluding hydrogens is 324 g/mol. The van der Waals surface area contributed by atoms with Crippen LogP contribution in [0, 0.1) is 19.8 Å². The highest BCUT2D eigenvalue weighted by molar-refractivity contribution is 5.96. The molecule has 1 saturated heterocycles. The van der Waals surface area contributed by atoms with Crippen molar-refractivity contribution in [3.05, 3.63) is 47.3 Å². The first-order chi connectivity index (χ1) is 11.2. The van der Waals surface area contributed by atoms with Crippen LogP contribution in [0.15, 0.2) is 30.3 Å². The molecule has 5 nitrogen and oxygen atoms in total. The van der Waals surface area contributed by atoms with Gasteiger partial charge in [0.25, 0.3) is 5.91 Å². The van der Waals surface area contributed by atoms with Crippen LogP contribution in [-0.4, -0.2) is 35.3 Å². The number of benzene rings is 1. The maximum atomic E-state index is 12.5. The van der Waals surface area contributed by atoms with Crippen LogP contribution in [0.25, 0.3) is 5.69 Å². The molecular formula is C18H25ClN4O. The second-order valence-corrected chi connectivity index (χ2v) is 6.20. The Morgan fingerprint density at radius 1 is 1.33 bits per heavy atom. The van der Waals surface area contributed by atoms with Crippen LogP contribution >= 0.6 is 12.4 Å². The van der Waals surface area contributed by atoms with Gasteiger partial charge in [-0.1, -0.05) is 18.2 Å². The molecule has 2 N–H and O–H groups in total. The van der Waals surface area contributed by atoms with Crippen molar-refractivity contribution in [3.63, 3.8) is 0 Å². The first kappa shape index (κ1) is 18.5.